The van der Waals surface area contributed by atoms with Crippen LogP contribution in [0.15, 0.2) is 69.9 Å². The third kappa shape index (κ3) is 4.07. The van der Waals surface area contributed by atoms with Gasteiger partial charge in [-0.2, -0.15) is 26.3 Å². The van der Waals surface area contributed by atoms with Crippen LogP contribution in [0.2, 0.25) is 0 Å². The highest BCUT2D eigenvalue weighted by Gasteiger charge is 2.47. The standard InChI is InChI=1S/C25H13F6NO5/c26-24(27,28)21(33)19-20(37-23(35)25(29,30)31)15-10-14-13-8-4-5-9-16(13)32(12-6-2-1-3-7-12)17(14)11-18(15)36-22(19)34/h1-6,8-12H,7H2. The van der Waals surface area contributed by atoms with E-state index >= 15 is 0 Å². The van der Waals surface area contributed by atoms with Crippen molar-refractivity contribution in [2.75, 3.05) is 0 Å². The van der Waals surface area contributed by atoms with Gasteiger partial charge in [-0.1, -0.05) is 42.5 Å². The van der Waals surface area contributed by atoms with Crippen LogP contribution in [0.3, 0.4) is 0 Å². The van der Waals surface area contributed by atoms with Gasteiger partial charge in [0.25, 0.3) is 5.78 Å². The van der Waals surface area contributed by atoms with E-state index in [9.17, 15) is 40.7 Å². The number of aromatic nitrogens is 1. The van der Waals surface area contributed by atoms with E-state index in [1.54, 1.807) is 24.3 Å². The summed E-state index contributed by atoms with van der Waals surface area (Å²) in [7, 11) is 0. The lowest BCUT2D eigenvalue weighted by Gasteiger charge is -2.18. The van der Waals surface area contributed by atoms with Crippen LogP contribution in [0.1, 0.15) is 22.8 Å². The number of para-hydroxylation sites is 1. The van der Waals surface area contributed by atoms with Gasteiger partial charge >= 0.3 is 23.9 Å². The van der Waals surface area contributed by atoms with Crippen LogP contribution in [0.5, 0.6) is 5.75 Å². The lowest BCUT2D eigenvalue weighted by molar-refractivity contribution is -0.189. The lowest BCUT2D eigenvalue weighted by atomic mass is 10.0. The summed E-state index contributed by atoms with van der Waals surface area (Å²) in [5.41, 5.74) is -3.10. The highest BCUT2D eigenvalue weighted by Crippen LogP contribution is 2.40. The zero-order chi connectivity index (χ0) is 26.7. The van der Waals surface area contributed by atoms with Crippen molar-refractivity contribution in [1.82, 2.24) is 4.57 Å². The molecule has 1 aliphatic carbocycles. The van der Waals surface area contributed by atoms with Gasteiger partial charge in [-0.05, 0) is 18.6 Å². The number of ether oxygens (including phenoxy) is 1. The summed E-state index contributed by atoms with van der Waals surface area (Å²) in [6, 6.07) is 9.07. The number of alkyl halides is 6. The smallest absolute Gasteiger partial charge is 0.422 e. The summed E-state index contributed by atoms with van der Waals surface area (Å²) in [4.78, 5) is 36.1. The number of Topliss-reactive ketones (excluding diaryl/α,β-unsaturated/α-hetero) is 1. The maximum absolute atomic E-state index is 13.2. The molecule has 1 aliphatic rings. The Morgan fingerprint density at radius 3 is 2.30 bits per heavy atom. The zero-order valence-corrected chi connectivity index (χ0v) is 18.3. The minimum atomic E-state index is -5.66. The second kappa shape index (κ2) is 8.36. The predicted molar refractivity (Wildman–Crippen MR) is 119 cm³/mol. The second-order valence-electron chi connectivity index (χ2n) is 8.18. The van der Waals surface area contributed by atoms with E-state index in [4.69, 9.17) is 4.42 Å². The minimum absolute atomic E-state index is 0.204. The molecule has 4 aromatic rings. The van der Waals surface area contributed by atoms with Crippen LogP contribution >= 0.6 is 0 Å². The number of carbonyl (C=O) groups excluding carboxylic acids is 2. The van der Waals surface area contributed by atoms with E-state index in [1.807, 2.05) is 28.9 Å². The first-order valence-corrected chi connectivity index (χ1v) is 10.7. The van der Waals surface area contributed by atoms with Gasteiger partial charge in [0.15, 0.2) is 11.3 Å². The van der Waals surface area contributed by atoms with Crippen LogP contribution in [0, 0.1) is 0 Å². The number of nitrogens with zero attached hydrogens (tertiary/aromatic N) is 1. The third-order valence-electron chi connectivity index (χ3n) is 5.89. The van der Waals surface area contributed by atoms with E-state index in [0.29, 0.717) is 28.2 Å². The van der Waals surface area contributed by atoms with Crippen molar-refractivity contribution < 1.29 is 45.1 Å². The fourth-order valence-electron chi connectivity index (χ4n) is 4.38. The highest BCUT2D eigenvalue weighted by atomic mass is 19.4. The molecule has 2 aromatic heterocycles. The Hall–Kier alpha value is -4.35. The van der Waals surface area contributed by atoms with Gasteiger partial charge in [-0.25, -0.2) is 9.59 Å². The molecule has 37 heavy (non-hydrogen) atoms. The summed E-state index contributed by atoms with van der Waals surface area (Å²) >= 11 is 0. The molecule has 1 unspecified atom stereocenters. The summed E-state index contributed by atoms with van der Waals surface area (Å²) < 4.78 is 89.7. The van der Waals surface area contributed by atoms with Crippen LogP contribution < -0.4 is 10.4 Å². The molecule has 190 valence electrons. The number of fused-ring (bicyclic) bond motifs is 4. The number of benzene rings is 2. The fraction of sp³-hybridized carbons (Fsp3) is 0.160. The third-order valence-corrected chi connectivity index (χ3v) is 5.89. The van der Waals surface area contributed by atoms with E-state index < -0.39 is 52.0 Å². The number of ketones is 1. The number of rotatable bonds is 3. The van der Waals surface area contributed by atoms with E-state index in [2.05, 4.69) is 4.74 Å². The Morgan fingerprint density at radius 2 is 1.65 bits per heavy atom. The second-order valence-corrected chi connectivity index (χ2v) is 8.18. The monoisotopic (exact) mass is 521 g/mol. The summed E-state index contributed by atoms with van der Waals surface area (Å²) in [5, 5.41) is 0.347. The van der Waals surface area contributed by atoms with Gasteiger partial charge in [-0.3, -0.25) is 4.79 Å². The van der Waals surface area contributed by atoms with Gasteiger partial charge in [0.05, 0.1) is 16.9 Å². The maximum Gasteiger partial charge on any atom is 0.491 e. The molecule has 0 spiro atoms. The molecule has 5 rings (SSSR count). The van der Waals surface area contributed by atoms with Crippen molar-refractivity contribution in [1.29, 1.82) is 0 Å². The van der Waals surface area contributed by atoms with Gasteiger partial charge in [0.1, 0.15) is 5.58 Å². The highest BCUT2D eigenvalue weighted by molar-refractivity contribution is 6.14. The number of hydrogen-bond donors (Lipinski definition) is 0. The van der Waals surface area contributed by atoms with Crippen molar-refractivity contribution in [2.24, 2.45) is 0 Å². The number of hydrogen-bond acceptors (Lipinski definition) is 5. The summed E-state index contributed by atoms with van der Waals surface area (Å²) in [5.74, 6) is -7.19. The first-order valence-electron chi connectivity index (χ1n) is 10.7. The van der Waals surface area contributed by atoms with Gasteiger partial charge in [-0.15, -0.1) is 0 Å². The molecule has 0 fully saturated rings. The Kier molecular flexibility index (Phi) is 5.50. The molecule has 6 nitrogen and oxygen atoms in total. The van der Waals surface area contributed by atoms with E-state index in [1.165, 1.54) is 6.07 Å². The number of esters is 1. The van der Waals surface area contributed by atoms with Gasteiger partial charge in [0, 0.05) is 22.4 Å². The predicted octanol–water partition coefficient (Wildman–Crippen LogP) is 6.17. The molecule has 0 amide bonds. The van der Waals surface area contributed by atoms with Crippen molar-refractivity contribution in [2.45, 2.75) is 24.8 Å². The molecular weight excluding hydrogens is 508 g/mol. The fourth-order valence-corrected chi connectivity index (χ4v) is 4.38. The lowest BCUT2D eigenvalue weighted by Crippen LogP contribution is -2.32. The molecule has 0 bridgehead atoms. The average Bonchev–Trinajstić information content (AvgIpc) is 3.15. The van der Waals surface area contributed by atoms with Crippen molar-refractivity contribution in [3.63, 3.8) is 0 Å². The molecule has 0 saturated carbocycles. The quantitative estimate of drug-likeness (QED) is 0.139. The van der Waals surface area contributed by atoms with E-state index in [-0.39, 0.29) is 6.04 Å². The Morgan fingerprint density at radius 1 is 0.919 bits per heavy atom. The molecule has 0 aliphatic heterocycles. The molecule has 2 heterocycles. The normalized spacial score (nSPS) is 16.1. The largest absolute Gasteiger partial charge is 0.491 e. The molecule has 0 radical (unpaired) electrons. The maximum atomic E-state index is 13.2. The Balaban J connectivity index is 1.89. The molecule has 12 heteroatoms. The summed E-state index contributed by atoms with van der Waals surface area (Å²) in [6.07, 6.45) is -3.23. The van der Waals surface area contributed by atoms with Crippen molar-refractivity contribution >= 4 is 44.5 Å². The van der Waals surface area contributed by atoms with Crippen LogP contribution in [0.4, 0.5) is 26.3 Å². The van der Waals surface area contributed by atoms with Crippen molar-refractivity contribution in [3.05, 3.63) is 76.7 Å². The minimum Gasteiger partial charge on any atom is -0.422 e. The first kappa shape index (κ1) is 24.3. The van der Waals surface area contributed by atoms with E-state index in [0.717, 1.165) is 6.07 Å². The molecule has 0 saturated heterocycles. The zero-order valence-electron chi connectivity index (χ0n) is 18.3. The number of allylic oxidation sites excluding steroid dienone is 4. The van der Waals surface area contributed by atoms with Crippen LogP contribution in [0.25, 0.3) is 32.8 Å². The first-order chi connectivity index (χ1) is 17.4. The average molecular weight is 521 g/mol. The summed E-state index contributed by atoms with van der Waals surface area (Å²) in [6.45, 7) is 0. The molecule has 1 atom stereocenters. The Bertz CT molecular complexity index is 1720. The van der Waals surface area contributed by atoms with Crippen molar-refractivity contribution in [3.8, 4) is 5.75 Å². The SMILES string of the molecule is O=C(Oc1c(C(=O)C(F)(F)F)c(=O)oc2cc3c(cc12)c1ccccc1n3C1C=CC=CC1)C(F)(F)F. The topological polar surface area (TPSA) is 78.5 Å². The van der Waals surface area contributed by atoms with Crippen LogP contribution in [-0.2, 0) is 4.79 Å². The van der Waals surface area contributed by atoms with Gasteiger partial charge in [0.2, 0.25) is 0 Å². The number of carbonyl (C=O) groups is 2. The molecular formula is C25H13F6NO5. The molecule has 2 aromatic carbocycles. The number of halogens is 6. The Labute approximate surface area is 202 Å². The van der Waals surface area contributed by atoms with Crippen LogP contribution in [-0.4, -0.2) is 28.7 Å². The molecule has 0 N–H and O–H groups in total. The van der Waals surface area contributed by atoms with Gasteiger partial charge < -0.3 is 13.7 Å².